The number of carbonyl (C=O) groups excluding carboxylic acids is 1. The molecule has 7 heteroatoms. The van der Waals surface area contributed by atoms with Crippen LogP contribution in [0.25, 0.3) is 0 Å². The minimum atomic E-state index is -2.93. The SMILES string of the molecule is C[C@]1(NC(=O)[C@@H]2CC23CCS(=O)(=O)CC3)CCCC[C@H]1C(=O)O. The third-order valence-corrected chi connectivity index (χ3v) is 7.90. The smallest absolute Gasteiger partial charge is 0.308 e. The summed E-state index contributed by atoms with van der Waals surface area (Å²) in [4.78, 5) is 24.1. The number of nitrogens with one attached hydrogen (secondary N) is 1. The molecule has 0 aromatic heterocycles. The van der Waals surface area contributed by atoms with Gasteiger partial charge in [-0.2, -0.15) is 0 Å². The topological polar surface area (TPSA) is 101 Å². The summed E-state index contributed by atoms with van der Waals surface area (Å²) in [6.07, 6.45) is 4.95. The van der Waals surface area contributed by atoms with Gasteiger partial charge in [0.25, 0.3) is 0 Å². The highest BCUT2D eigenvalue weighted by Gasteiger charge is 2.60. The molecule has 1 aliphatic heterocycles. The van der Waals surface area contributed by atoms with Crippen LogP contribution in [0.5, 0.6) is 0 Å². The van der Waals surface area contributed by atoms with Gasteiger partial charge in [-0.1, -0.05) is 12.8 Å². The molecule has 130 valence electrons. The van der Waals surface area contributed by atoms with Crippen LogP contribution >= 0.6 is 0 Å². The monoisotopic (exact) mass is 343 g/mol. The van der Waals surface area contributed by atoms with Crippen molar-refractivity contribution in [1.82, 2.24) is 5.32 Å². The molecule has 1 saturated heterocycles. The fourth-order valence-electron chi connectivity index (χ4n) is 4.46. The van der Waals surface area contributed by atoms with Gasteiger partial charge in [0.1, 0.15) is 9.84 Å². The minimum absolute atomic E-state index is 0.0834. The van der Waals surface area contributed by atoms with Gasteiger partial charge in [0.2, 0.25) is 5.91 Å². The van der Waals surface area contributed by atoms with E-state index in [0.29, 0.717) is 25.7 Å². The number of carbonyl (C=O) groups is 2. The highest BCUT2D eigenvalue weighted by Crippen LogP contribution is 2.60. The standard InChI is InChI=1S/C16H25NO5S/c1-15(5-3-2-4-11(15)14(19)20)17-13(18)12-10-16(12)6-8-23(21,22)9-7-16/h11-12H,2-10H2,1H3,(H,17,18)(H,19,20)/t11-,12-,15-/m0/s1. The maximum atomic E-state index is 12.6. The van der Waals surface area contributed by atoms with Crippen molar-refractivity contribution in [2.45, 2.75) is 57.4 Å². The van der Waals surface area contributed by atoms with Crippen LogP contribution in [0.1, 0.15) is 51.9 Å². The van der Waals surface area contributed by atoms with E-state index in [-0.39, 0.29) is 28.7 Å². The van der Waals surface area contributed by atoms with Crippen molar-refractivity contribution in [3.05, 3.63) is 0 Å². The van der Waals surface area contributed by atoms with Crippen molar-refractivity contribution < 1.29 is 23.1 Å². The van der Waals surface area contributed by atoms with Crippen molar-refractivity contribution in [1.29, 1.82) is 0 Å². The molecule has 3 rings (SSSR count). The van der Waals surface area contributed by atoms with E-state index in [9.17, 15) is 23.1 Å². The van der Waals surface area contributed by atoms with Crippen LogP contribution in [-0.2, 0) is 19.4 Å². The molecule has 3 aliphatic rings. The summed E-state index contributed by atoms with van der Waals surface area (Å²) >= 11 is 0. The molecule has 2 saturated carbocycles. The van der Waals surface area contributed by atoms with Gasteiger partial charge >= 0.3 is 5.97 Å². The molecule has 0 aromatic carbocycles. The van der Waals surface area contributed by atoms with Gasteiger partial charge in [-0.05, 0) is 44.4 Å². The van der Waals surface area contributed by atoms with Crippen molar-refractivity contribution in [3.8, 4) is 0 Å². The first kappa shape index (κ1) is 16.7. The van der Waals surface area contributed by atoms with Gasteiger partial charge in [-0.25, -0.2) is 8.42 Å². The number of carboxylic acid groups (broad SMARTS) is 1. The second kappa shape index (κ2) is 5.46. The van der Waals surface area contributed by atoms with Crippen LogP contribution in [0.4, 0.5) is 0 Å². The summed E-state index contributed by atoms with van der Waals surface area (Å²) in [6, 6.07) is 0. The zero-order chi connectivity index (χ0) is 16.9. The fraction of sp³-hybridized carbons (Fsp3) is 0.875. The molecule has 2 aliphatic carbocycles. The normalized spacial score (nSPS) is 38.0. The van der Waals surface area contributed by atoms with Crippen LogP contribution in [0, 0.1) is 17.3 Å². The molecular weight excluding hydrogens is 318 g/mol. The first-order valence-electron chi connectivity index (χ1n) is 8.43. The predicted molar refractivity (Wildman–Crippen MR) is 84.6 cm³/mol. The molecule has 2 N–H and O–H groups in total. The quantitative estimate of drug-likeness (QED) is 0.805. The molecule has 3 fully saturated rings. The van der Waals surface area contributed by atoms with E-state index < -0.39 is 27.3 Å². The summed E-state index contributed by atoms with van der Waals surface area (Å²) < 4.78 is 23.1. The zero-order valence-corrected chi connectivity index (χ0v) is 14.3. The van der Waals surface area contributed by atoms with E-state index in [1.807, 2.05) is 6.92 Å². The number of rotatable bonds is 3. The molecule has 1 heterocycles. The van der Waals surface area contributed by atoms with Crippen molar-refractivity contribution in [2.75, 3.05) is 11.5 Å². The molecular formula is C16H25NO5S. The fourth-order valence-corrected chi connectivity index (χ4v) is 6.10. The molecule has 1 amide bonds. The average molecular weight is 343 g/mol. The summed E-state index contributed by atoms with van der Waals surface area (Å²) in [5.41, 5.74) is -0.842. The lowest BCUT2D eigenvalue weighted by atomic mass is 9.73. The zero-order valence-electron chi connectivity index (χ0n) is 13.5. The van der Waals surface area contributed by atoms with Crippen LogP contribution in [0.2, 0.25) is 0 Å². The molecule has 23 heavy (non-hydrogen) atoms. The molecule has 0 aromatic rings. The molecule has 0 unspecified atom stereocenters. The molecule has 0 bridgehead atoms. The Morgan fingerprint density at radius 1 is 1.09 bits per heavy atom. The Morgan fingerprint density at radius 3 is 2.35 bits per heavy atom. The lowest BCUT2D eigenvalue weighted by Gasteiger charge is -2.40. The van der Waals surface area contributed by atoms with Crippen LogP contribution in [-0.4, -0.2) is 42.4 Å². The van der Waals surface area contributed by atoms with Crippen LogP contribution < -0.4 is 5.32 Å². The third kappa shape index (κ3) is 3.12. The Balaban J connectivity index is 1.65. The highest BCUT2D eigenvalue weighted by molar-refractivity contribution is 7.91. The number of aliphatic carboxylic acids is 1. The van der Waals surface area contributed by atoms with Gasteiger partial charge in [0.05, 0.1) is 23.0 Å². The Bertz CT molecular complexity index is 614. The predicted octanol–water partition coefficient (Wildman–Crippen LogP) is 1.35. The number of hydrogen-bond acceptors (Lipinski definition) is 4. The average Bonchev–Trinajstić information content (AvgIpc) is 3.17. The van der Waals surface area contributed by atoms with Gasteiger partial charge in [-0.15, -0.1) is 0 Å². The largest absolute Gasteiger partial charge is 0.481 e. The van der Waals surface area contributed by atoms with E-state index in [2.05, 4.69) is 5.32 Å². The van der Waals surface area contributed by atoms with Crippen molar-refractivity contribution >= 4 is 21.7 Å². The summed E-state index contributed by atoms with van der Waals surface area (Å²) in [6.45, 7) is 1.84. The van der Waals surface area contributed by atoms with Crippen LogP contribution in [0.3, 0.4) is 0 Å². The van der Waals surface area contributed by atoms with E-state index in [1.54, 1.807) is 0 Å². The van der Waals surface area contributed by atoms with Gasteiger partial charge in [-0.3, -0.25) is 9.59 Å². The lowest BCUT2D eigenvalue weighted by molar-refractivity contribution is -0.146. The number of carboxylic acids is 1. The van der Waals surface area contributed by atoms with E-state index in [1.165, 1.54) is 0 Å². The Labute approximate surface area is 136 Å². The first-order chi connectivity index (χ1) is 10.7. The van der Waals surface area contributed by atoms with Crippen molar-refractivity contribution in [2.24, 2.45) is 17.3 Å². The highest BCUT2D eigenvalue weighted by atomic mass is 32.2. The summed E-state index contributed by atoms with van der Waals surface area (Å²) in [5, 5.41) is 12.4. The maximum absolute atomic E-state index is 12.6. The van der Waals surface area contributed by atoms with E-state index >= 15 is 0 Å². The second-order valence-corrected chi connectivity index (χ2v) is 10.1. The number of hydrogen-bond donors (Lipinski definition) is 2. The first-order valence-corrected chi connectivity index (χ1v) is 10.2. The minimum Gasteiger partial charge on any atom is -0.481 e. The third-order valence-electron chi connectivity index (χ3n) is 6.24. The summed E-state index contributed by atoms with van der Waals surface area (Å²) in [7, 11) is -2.93. The van der Waals surface area contributed by atoms with Crippen molar-refractivity contribution in [3.63, 3.8) is 0 Å². The molecule has 0 radical (unpaired) electrons. The number of amides is 1. The van der Waals surface area contributed by atoms with Gasteiger partial charge in [0, 0.05) is 5.92 Å². The van der Waals surface area contributed by atoms with Crippen LogP contribution in [0.15, 0.2) is 0 Å². The molecule has 3 atom stereocenters. The molecule has 6 nitrogen and oxygen atoms in total. The second-order valence-electron chi connectivity index (χ2n) is 7.81. The van der Waals surface area contributed by atoms with E-state index in [4.69, 9.17) is 0 Å². The Morgan fingerprint density at radius 2 is 1.74 bits per heavy atom. The Kier molecular flexibility index (Phi) is 3.98. The molecule has 1 spiro atoms. The number of sulfone groups is 1. The maximum Gasteiger partial charge on any atom is 0.308 e. The lowest BCUT2D eigenvalue weighted by Crippen LogP contribution is -2.56. The van der Waals surface area contributed by atoms with E-state index in [0.717, 1.165) is 19.3 Å². The summed E-state index contributed by atoms with van der Waals surface area (Å²) in [5.74, 6) is -1.27. The van der Waals surface area contributed by atoms with Gasteiger partial charge in [0.15, 0.2) is 0 Å². The van der Waals surface area contributed by atoms with Gasteiger partial charge < -0.3 is 10.4 Å². The Hall–Kier alpha value is -1.11.